The van der Waals surface area contributed by atoms with E-state index < -0.39 is 57.9 Å². The summed E-state index contributed by atoms with van der Waals surface area (Å²) >= 11 is 0. The van der Waals surface area contributed by atoms with Crippen LogP contribution in [0.25, 0.3) is 33.4 Å². The minimum absolute atomic E-state index is 0.00566. The average molecular weight is 627 g/mol. The van der Waals surface area contributed by atoms with Crippen LogP contribution in [0.2, 0.25) is 0 Å². The van der Waals surface area contributed by atoms with Crippen molar-refractivity contribution < 1.29 is 39.9 Å². The lowest BCUT2D eigenvalue weighted by Gasteiger charge is -2.19. The van der Waals surface area contributed by atoms with Gasteiger partial charge in [0.1, 0.15) is 29.0 Å². The first-order valence-electron chi connectivity index (χ1n) is 14.2. The molecule has 0 aliphatic heterocycles. The van der Waals surface area contributed by atoms with Crippen LogP contribution in [0, 0.1) is 34.9 Å². The van der Waals surface area contributed by atoms with Gasteiger partial charge in [-0.1, -0.05) is 56.2 Å². The van der Waals surface area contributed by atoms with Crippen molar-refractivity contribution >= 4 is 0 Å². The van der Waals surface area contributed by atoms with Crippen molar-refractivity contribution in [2.24, 2.45) is 0 Å². The third-order valence-corrected chi connectivity index (χ3v) is 7.38. The van der Waals surface area contributed by atoms with E-state index in [0.29, 0.717) is 18.6 Å². The first-order valence-corrected chi connectivity index (χ1v) is 14.2. The Labute approximate surface area is 254 Å². The molecule has 0 N–H and O–H groups in total. The Hall–Kier alpha value is -4.66. The number of halogens is 8. The first kappa shape index (κ1) is 31.8. The highest BCUT2D eigenvalue weighted by molar-refractivity contribution is 5.75. The molecular weight excluding hydrogens is 600 g/mol. The van der Waals surface area contributed by atoms with Crippen LogP contribution in [0.4, 0.5) is 35.1 Å². The minimum Gasteiger partial charge on any atom is -0.429 e. The van der Waals surface area contributed by atoms with Crippen LogP contribution in [0.5, 0.6) is 5.75 Å². The summed E-state index contributed by atoms with van der Waals surface area (Å²) < 4.78 is 121. The lowest BCUT2D eigenvalue weighted by Crippen LogP contribution is -2.21. The molecule has 0 radical (unpaired) electrons. The Morgan fingerprint density at radius 2 is 1.13 bits per heavy atom. The summed E-state index contributed by atoms with van der Waals surface area (Å²) in [6.45, 7) is 2.06. The predicted octanol–water partition coefficient (Wildman–Crippen LogP) is 11.4. The molecule has 0 fully saturated rings. The zero-order valence-electron chi connectivity index (χ0n) is 23.9. The summed E-state index contributed by atoms with van der Waals surface area (Å²) in [5, 5.41) is 0. The third kappa shape index (κ3) is 7.03. The molecule has 1 nitrogen and oxygen atoms in total. The van der Waals surface area contributed by atoms with Gasteiger partial charge in [0.2, 0.25) is 0 Å². The van der Waals surface area contributed by atoms with Crippen molar-refractivity contribution in [2.75, 3.05) is 0 Å². The summed E-state index contributed by atoms with van der Waals surface area (Å²) in [5.41, 5.74) is -0.308. The number of benzene rings is 5. The van der Waals surface area contributed by atoms with Crippen LogP contribution in [-0.2, 0) is 12.5 Å². The highest BCUT2D eigenvalue weighted by Gasteiger charge is 2.35. The van der Waals surface area contributed by atoms with Crippen molar-refractivity contribution in [3.05, 3.63) is 137 Å². The number of unbranched alkanes of at least 4 members (excludes halogenated alkanes) is 2. The topological polar surface area (TPSA) is 9.23 Å². The van der Waals surface area contributed by atoms with Gasteiger partial charge >= 0.3 is 6.11 Å². The zero-order valence-corrected chi connectivity index (χ0v) is 23.9. The SMILES string of the molecule is CCCCCc1ccc(-c2cc(F)c(-c3ccc(-c4ccc(C(F)(F)Oc5ccc(F)c(F)c5)cc4)c(F)c3)c(F)c2)c(F)c1. The Morgan fingerprint density at radius 1 is 0.533 bits per heavy atom. The molecule has 0 saturated carbocycles. The number of aryl methyl sites for hydroxylation is 1. The zero-order chi connectivity index (χ0) is 32.3. The van der Waals surface area contributed by atoms with E-state index in [9.17, 15) is 22.0 Å². The van der Waals surface area contributed by atoms with Gasteiger partial charge in [-0.3, -0.25) is 0 Å². The molecule has 0 bridgehead atoms. The van der Waals surface area contributed by atoms with Crippen LogP contribution in [0.3, 0.4) is 0 Å². The molecule has 0 saturated heterocycles. The second-order valence-electron chi connectivity index (χ2n) is 10.6. The maximum absolute atomic E-state index is 15.2. The molecule has 5 aromatic rings. The van der Waals surface area contributed by atoms with Crippen molar-refractivity contribution in [3.8, 4) is 39.1 Å². The fourth-order valence-corrected chi connectivity index (χ4v) is 5.03. The van der Waals surface area contributed by atoms with E-state index in [2.05, 4.69) is 11.7 Å². The summed E-state index contributed by atoms with van der Waals surface area (Å²) in [6, 6.07) is 16.3. The molecule has 0 aromatic heterocycles. The molecule has 5 aromatic carbocycles. The lowest BCUT2D eigenvalue weighted by molar-refractivity contribution is -0.185. The monoisotopic (exact) mass is 626 g/mol. The number of rotatable bonds is 10. The fourth-order valence-electron chi connectivity index (χ4n) is 5.03. The highest BCUT2D eigenvalue weighted by Crippen LogP contribution is 2.37. The Bertz CT molecular complexity index is 1810. The van der Waals surface area contributed by atoms with E-state index in [1.807, 2.05) is 0 Å². The van der Waals surface area contributed by atoms with Gasteiger partial charge in [0.05, 0.1) is 11.1 Å². The molecule has 9 heteroatoms. The van der Waals surface area contributed by atoms with Crippen LogP contribution >= 0.6 is 0 Å². The van der Waals surface area contributed by atoms with Crippen molar-refractivity contribution in [2.45, 2.75) is 38.7 Å². The molecule has 0 heterocycles. The van der Waals surface area contributed by atoms with E-state index >= 15 is 13.2 Å². The van der Waals surface area contributed by atoms with Gasteiger partial charge in [0.15, 0.2) is 11.6 Å². The van der Waals surface area contributed by atoms with Crippen molar-refractivity contribution in [1.82, 2.24) is 0 Å². The van der Waals surface area contributed by atoms with Gasteiger partial charge in [-0.05, 0) is 83.6 Å². The molecule has 45 heavy (non-hydrogen) atoms. The maximum atomic E-state index is 15.2. The van der Waals surface area contributed by atoms with Gasteiger partial charge in [-0.25, -0.2) is 26.3 Å². The number of alkyl halides is 2. The fraction of sp³-hybridized carbons (Fsp3) is 0.167. The van der Waals surface area contributed by atoms with E-state index in [0.717, 1.165) is 61.2 Å². The highest BCUT2D eigenvalue weighted by atomic mass is 19.3. The lowest BCUT2D eigenvalue weighted by atomic mass is 9.95. The largest absolute Gasteiger partial charge is 0.429 e. The number of hydrogen-bond acceptors (Lipinski definition) is 1. The minimum atomic E-state index is -3.92. The molecule has 0 unspecified atom stereocenters. The van der Waals surface area contributed by atoms with Crippen LogP contribution in [-0.4, -0.2) is 0 Å². The maximum Gasteiger partial charge on any atom is 0.426 e. The Morgan fingerprint density at radius 3 is 1.76 bits per heavy atom. The molecule has 0 aliphatic carbocycles. The summed E-state index contributed by atoms with van der Waals surface area (Å²) in [7, 11) is 0. The van der Waals surface area contributed by atoms with Crippen LogP contribution in [0.1, 0.15) is 37.3 Å². The number of hydrogen-bond donors (Lipinski definition) is 0. The normalized spacial score (nSPS) is 11.6. The van der Waals surface area contributed by atoms with Gasteiger partial charge in [-0.2, -0.15) is 8.78 Å². The third-order valence-electron chi connectivity index (χ3n) is 7.38. The summed E-state index contributed by atoms with van der Waals surface area (Å²) in [6.07, 6.45) is -0.298. The number of ether oxygens (including phenoxy) is 1. The second-order valence-corrected chi connectivity index (χ2v) is 10.6. The van der Waals surface area contributed by atoms with E-state index in [1.54, 1.807) is 6.07 Å². The molecule has 5 rings (SSSR count). The van der Waals surface area contributed by atoms with E-state index in [4.69, 9.17) is 0 Å². The average Bonchev–Trinajstić information content (AvgIpc) is 2.99. The van der Waals surface area contributed by atoms with Gasteiger partial charge in [0.25, 0.3) is 0 Å². The van der Waals surface area contributed by atoms with Gasteiger partial charge in [-0.15, -0.1) is 0 Å². The van der Waals surface area contributed by atoms with Crippen molar-refractivity contribution in [3.63, 3.8) is 0 Å². The molecule has 0 atom stereocenters. The van der Waals surface area contributed by atoms with Gasteiger partial charge in [0, 0.05) is 17.2 Å². The van der Waals surface area contributed by atoms with E-state index in [-0.39, 0.29) is 27.8 Å². The molecule has 0 spiro atoms. The Balaban J connectivity index is 1.36. The van der Waals surface area contributed by atoms with Crippen LogP contribution in [0.15, 0.2) is 91.0 Å². The standard InChI is InChI=1S/C36H26F8O/c1-2-3-4-5-21-6-13-28(30(38)16-21)24-18-33(41)35(34(42)19-24)23-9-14-27(31(39)17-23)22-7-10-25(11-8-22)36(43,44)45-26-12-15-29(37)32(40)20-26/h6-20H,2-5H2,1H3. The molecular formula is C36H26F8O. The smallest absolute Gasteiger partial charge is 0.426 e. The first-order chi connectivity index (χ1) is 21.5. The summed E-state index contributed by atoms with van der Waals surface area (Å²) in [4.78, 5) is 0. The van der Waals surface area contributed by atoms with Crippen molar-refractivity contribution in [1.29, 1.82) is 0 Å². The molecule has 0 amide bonds. The van der Waals surface area contributed by atoms with E-state index in [1.165, 1.54) is 36.4 Å². The second kappa shape index (κ2) is 13.1. The predicted molar refractivity (Wildman–Crippen MR) is 157 cm³/mol. The summed E-state index contributed by atoms with van der Waals surface area (Å²) in [5.74, 6) is -6.70. The molecule has 232 valence electrons. The molecule has 0 aliphatic rings. The quantitative estimate of drug-likeness (QED) is 0.111. The Kier molecular flexibility index (Phi) is 9.27. The van der Waals surface area contributed by atoms with Gasteiger partial charge < -0.3 is 4.74 Å². The van der Waals surface area contributed by atoms with Crippen LogP contribution < -0.4 is 4.74 Å².